The van der Waals surface area contributed by atoms with E-state index in [0.717, 1.165) is 24.1 Å². The van der Waals surface area contributed by atoms with Crippen LogP contribution >= 0.6 is 0 Å². The Kier molecular flexibility index (Phi) is 4.94. The van der Waals surface area contributed by atoms with Crippen LogP contribution in [0.25, 0.3) is 11.3 Å². The van der Waals surface area contributed by atoms with Gasteiger partial charge in [0.15, 0.2) is 0 Å². The number of rotatable bonds is 4. The first-order valence-electron chi connectivity index (χ1n) is 9.38. The summed E-state index contributed by atoms with van der Waals surface area (Å²) in [6.07, 6.45) is 1.88. The van der Waals surface area contributed by atoms with Gasteiger partial charge in [0.05, 0.1) is 17.7 Å². The molecule has 1 unspecified atom stereocenters. The molecule has 7 nitrogen and oxygen atoms in total. The highest BCUT2D eigenvalue weighted by atomic mass is 16.5. The second-order valence-corrected chi connectivity index (χ2v) is 7.23. The molecule has 1 aromatic carbocycles. The molecule has 2 aromatic rings. The summed E-state index contributed by atoms with van der Waals surface area (Å²) in [5.74, 6) is -1.07. The van der Waals surface area contributed by atoms with Gasteiger partial charge in [0.1, 0.15) is 5.69 Å². The zero-order valence-electron chi connectivity index (χ0n) is 15.0. The predicted molar refractivity (Wildman–Crippen MR) is 98.1 cm³/mol. The molecule has 142 valence electrons. The number of nitrogens with one attached hydrogen (secondary N) is 1. The summed E-state index contributed by atoms with van der Waals surface area (Å²) in [6.45, 7) is 1.72. The maximum Gasteiger partial charge on any atom is 0.309 e. The zero-order chi connectivity index (χ0) is 18.8. The highest BCUT2D eigenvalue weighted by Gasteiger charge is 2.40. The highest BCUT2D eigenvalue weighted by molar-refractivity contribution is 5.93. The van der Waals surface area contributed by atoms with Crippen molar-refractivity contribution in [3.05, 3.63) is 42.1 Å². The number of likely N-dealkylation sites (tertiary alicyclic amines) is 1. The van der Waals surface area contributed by atoms with Crippen molar-refractivity contribution in [3.8, 4) is 11.3 Å². The molecule has 7 heteroatoms. The number of carbonyl (C=O) groups excluding carboxylic acids is 1. The molecule has 0 bridgehead atoms. The van der Waals surface area contributed by atoms with E-state index in [1.54, 1.807) is 6.07 Å². The number of benzene rings is 1. The lowest BCUT2D eigenvalue weighted by Crippen LogP contribution is -2.43. The minimum Gasteiger partial charge on any atom is -0.481 e. The Hall–Kier alpha value is -2.67. The quantitative estimate of drug-likeness (QED) is 0.863. The van der Waals surface area contributed by atoms with Gasteiger partial charge in [-0.2, -0.15) is 5.10 Å². The Bertz CT molecular complexity index is 812. The molecule has 3 heterocycles. The van der Waals surface area contributed by atoms with E-state index >= 15 is 0 Å². The summed E-state index contributed by atoms with van der Waals surface area (Å²) in [7, 11) is 0. The molecule has 4 rings (SSSR count). The van der Waals surface area contributed by atoms with Gasteiger partial charge in [-0.1, -0.05) is 30.3 Å². The normalized spacial score (nSPS) is 23.5. The molecule has 0 radical (unpaired) electrons. The molecule has 0 aliphatic carbocycles. The zero-order valence-corrected chi connectivity index (χ0v) is 15.0. The van der Waals surface area contributed by atoms with Crippen LogP contribution in [0.15, 0.2) is 36.4 Å². The number of nitrogens with zero attached hydrogens (tertiary/aromatic N) is 2. The van der Waals surface area contributed by atoms with Crippen molar-refractivity contribution in [2.45, 2.75) is 25.4 Å². The molecule has 2 aliphatic heterocycles. The van der Waals surface area contributed by atoms with Gasteiger partial charge in [-0.25, -0.2) is 0 Å². The van der Waals surface area contributed by atoms with Crippen LogP contribution in [0.2, 0.25) is 0 Å². The van der Waals surface area contributed by atoms with Gasteiger partial charge in [0.2, 0.25) is 0 Å². The third kappa shape index (κ3) is 3.60. The molecule has 2 aliphatic rings. The summed E-state index contributed by atoms with van der Waals surface area (Å²) in [6, 6.07) is 11.5. The van der Waals surface area contributed by atoms with E-state index in [2.05, 4.69) is 10.2 Å². The monoisotopic (exact) mass is 369 g/mol. The number of H-pyrrole nitrogens is 1. The van der Waals surface area contributed by atoms with Crippen molar-refractivity contribution in [2.75, 3.05) is 19.7 Å². The van der Waals surface area contributed by atoms with Crippen molar-refractivity contribution < 1.29 is 19.4 Å². The average Bonchev–Trinajstić information content (AvgIpc) is 3.38. The molecule has 0 spiro atoms. The molecular weight excluding hydrogens is 346 g/mol. The van der Waals surface area contributed by atoms with E-state index < -0.39 is 11.9 Å². The number of hydrogen-bond acceptors (Lipinski definition) is 4. The number of hydrogen-bond donors (Lipinski definition) is 2. The predicted octanol–water partition coefficient (Wildman–Crippen LogP) is 2.42. The van der Waals surface area contributed by atoms with E-state index in [9.17, 15) is 14.7 Å². The summed E-state index contributed by atoms with van der Waals surface area (Å²) < 4.78 is 5.70. The Morgan fingerprint density at radius 3 is 2.59 bits per heavy atom. The number of aromatic amines is 1. The van der Waals surface area contributed by atoms with Crippen LogP contribution in [0, 0.1) is 11.8 Å². The third-order valence-corrected chi connectivity index (χ3v) is 5.62. The summed E-state index contributed by atoms with van der Waals surface area (Å²) in [4.78, 5) is 26.0. The Morgan fingerprint density at radius 1 is 1.15 bits per heavy atom. The van der Waals surface area contributed by atoms with E-state index in [1.165, 1.54) is 0 Å². The van der Waals surface area contributed by atoms with Crippen molar-refractivity contribution in [1.82, 2.24) is 15.1 Å². The van der Waals surface area contributed by atoms with Crippen LogP contribution in [0.3, 0.4) is 0 Å². The fraction of sp³-hybridized carbons (Fsp3) is 0.450. The van der Waals surface area contributed by atoms with Gasteiger partial charge in [0, 0.05) is 25.3 Å². The van der Waals surface area contributed by atoms with E-state index in [0.29, 0.717) is 31.8 Å². The van der Waals surface area contributed by atoms with Gasteiger partial charge < -0.3 is 14.7 Å². The first kappa shape index (κ1) is 17.7. The van der Waals surface area contributed by atoms with Gasteiger partial charge in [-0.05, 0) is 31.2 Å². The number of aromatic nitrogens is 2. The molecule has 2 saturated heterocycles. The lowest BCUT2D eigenvalue weighted by Gasteiger charge is -2.35. The molecule has 27 heavy (non-hydrogen) atoms. The number of carboxylic acids is 1. The van der Waals surface area contributed by atoms with Gasteiger partial charge in [-0.3, -0.25) is 14.7 Å². The van der Waals surface area contributed by atoms with Gasteiger partial charge in [0.25, 0.3) is 5.91 Å². The molecular formula is C20H23N3O4. The number of piperidine rings is 1. The Labute approximate surface area is 157 Å². The van der Waals surface area contributed by atoms with Crippen LogP contribution in [-0.4, -0.2) is 57.9 Å². The highest BCUT2D eigenvalue weighted by Crippen LogP contribution is 2.33. The third-order valence-electron chi connectivity index (χ3n) is 5.62. The van der Waals surface area contributed by atoms with Gasteiger partial charge >= 0.3 is 5.97 Å². The minimum absolute atomic E-state index is 0.0646. The first-order valence-corrected chi connectivity index (χ1v) is 9.38. The molecule has 2 atom stereocenters. The lowest BCUT2D eigenvalue weighted by atomic mass is 9.84. The number of carboxylic acid groups (broad SMARTS) is 1. The number of carbonyl (C=O) groups is 2. The Balaban J connectivity index is 1.38. The maximum absolute atomic E-state index is 12.8. The van der Waals surface area contributed by atoms with E-state index in [4.69, 9.17) is 4.74 Å². The second kappa shape index (κ2) is 7.52. The number of amides is 1. The molecule has 1 amide bonds. The Morgan fingerprint density at radius 2 is 1.89 bits per heavy atom. The van der Waals surface area contributed by atoms with E-state index in [1.807, 2.05) is 35.2 Å². The average molecular weight is 369 g/mol. The fourth-order valence-corrected chi connectivity index (χ4v) is 4.13. The smallest absolute Gasteiger partial charge is 0.309 e. The standard InChI is InChI=1S/C20H23N3O4/c24-19(17-12-16(21-22-17)13-4-2-1-3-5-13)23-9-6-14(7-10-23)18-15(20(25)26)8-11-27-18/h1-5,12,14-15,18H,6-11H2,(H,21,22)(H,25,26)/t15?,18-/m0/s1. The van der Waals surface area contributed by atoms with Crippen LogP contribution < -0.4 is 0 Å². The van der Waals surface area contributed by atoms with Crippen LogP contribution in [-0.2, 0) is 9.53 Å². The maximum atomic E-state index is 12.8. The SMILES string of the molecule is O=C(O)C1CCO[C@H]1C1CCN(C(=O)c2cc(-c3ccccc3)n[nH]2)CC1. The summed E-state index contributed by atoms with van der Waals surface area (Å²) in [5.41, 5.74) is 2.19. The summed E-state index contributed by atoms with van der Waals surface area (Å²) in [5, 5.41) is 16.4. The first-order chi connectivity index (χ1) is 13.1. The largest absolute Gasteiger partial charge is 0.481 e. The van der Waals surface area contributed by atoms with Crippen LogP contribution in [0.4, 0.5) is 0 Å². The number of ether oxygens (including phenoxy) is 1. The molecule has 2 N–H and O–H groups in total. The van der Waals surface area contributed by atoms with Crippen molar-refractivity contribution in [1.29, 1.82) is 0 Å². The minimum atomic E-state index is -0.776. The molecule has 0 saturated carbocycles. The number of aliphatic carboxylic acids is 1. The van der Waals surface area contributed by atoms with E-state index in [-0.39, 0.29) is 17.9 Å². The lowest BCUT2D eigenvalue weighted by molar-refractivity contribution is -0.145. The fourth-order valence-electron chi connectivity index (χ4n) is 4.13. The molecule has 2 fully saturated rings. The topological polar surface area (TPSA) is 95.5 Å². The van der Waals surface area contributed by atoms with Crippen molar-refractivity contribution >= 4 is 11.9 Å². The van der Waals surface area contributed by atoms with Gasteiger partial charge in [-0.15, -0.1) is 0 Å². The summed E-state index contributed by atoms with van der Waals surface area (Å²) >= 11 is 0. The van der Waals surface area contributed by atoms with Crippen LogP contribution in [0.1, 0.15) is 29.8 Å². The molecule has 1 aromatic heterocycles. The second-order valence-electron chi connectivity index (χ2n) is 7.23. The van der Waals surface area contributed by atoms with Crippen molar-refractivity contribution in [3.63, 3.8) is 0 Å². The van der Waals surface area contributed by atoms with Crippen molar-refractivity contribution in [2.24, 2.45) is 11.8 Å². The van der Waals surface area contributed by atoms with Crippen LogP contribution in [0.5, 0.6) is 0 Å².